The zero-order chi connectivity index (χ0) is 23.8. The van der Waals surface area contributed by atoms with Crippen LogP contribution < -0.4 is 21.1 Å². The van der Waals surface area contributed by atoms with Crippen molar-refractivity contribution in [2.45, 2.75) is 32.1 Å². The fourth-order valence-electron chi connectivity index (χ4n) is 3.55. The molecule has 0 radical (unpaired) electrons. The number of urea groups is 1. The number of nitrogens with two attached hydrogens (primary N) is 1. The molecule has 0 saturated carbocycles. The van der Waals surface area contributed by atoms with Gasteiger partial charge in [0.2, 0.25) is 5.88 Å². The van der Waals surface area contributed by atoms with Gasteiger partial charge in [0.05, 0.1) is 6.61 Å². The molecule has 12 heteroatoms. The van der Waals surface area contributed by atoms with E-state index in [9.17, 15) is 18.4 Å². The van der Waals surface area contributed by atoms with Crippen LogP contribution in [0, 0.1) is 11.6 Å². The zero-order valence-electron chi connectivity index (χ0n) is 18.0. The smallest absolute Gasteiger partial charge is 0.319 e. The number of primary amides is 1. The minimum Gasteiger partial charge on any atom is -0.476 e. The molecule has 3 rings (SSSR count). The predicted molar refractivity (Wildman–Crippen MR) is 123 cm³/mol. The molecule has 1 aromatic heterocycles. The highest BCUT2D eigenvalue weighted by molar-refractivity contribution is 7.11. The number of nitrogens with zero attached hydrogens (tertiary/aromatic N) is 2. The summed E-state index contributed by atoms with van der Waals surface area (Å²) in [7, 11) is 0. The molecule has 180 valence electrons. The lowest BCUT2D eigenvalue weighted by molar-refractivity contribution is 0.0997. The number of benzene rings is 1. The summed E-state index contributed by atoms with van der Waals surface area (Å²) >= 11 is 6.44. The average molecular weight is 502 g/mol. The second-order valence-electron chi connectivity index (χ2n) is 7.64. The van der Waals surface area contributed by atoms with E-state index in [1.807, 2.05) is 0 Å². The maximum Gasteiger partial charge on any atom is 0.319 e. The lowest BCUT2D eigenvalue weighted by Gasteiger charge is -2.14. The van der Waals surface area contributed by atoms with Gasteiger partial charge >= 0.3 is 6.03 Å². The molecule has 0 unspecified atom stereocenters. The maximum atomic E-state index is 13.9. The number of unbranched alkanes of at least 4 members (excludes halogenated alkanes) is 1. The number of rotatable bonds is 11. The van der Waals surface area contributed by atoms with Crippen molar-refractivity contribution in [1.29, 1.82) is 0 Å². The van der Waals surface area contributed by atoms with Gasteiger partial charge in [0.1, 0.15) is 22.2 Å². The van der Waals surface area contributed by atoms with E-state index in [-0.39, 0.29) is 40.1 Å². The van der Waals surface area contributed by atoms with Crippen LogP contribution in [0.4, 0.5) is 18.6 Å². The van der Waals surface area contributed by atoms with Crippen LogP contribution >= 0.6 is 23.1 Å². The third kappa shape index (κ3) is 7.24. The molecule has 0 aliphatic carbocycles. The number of ether oxygens (including phenoxy) is 1. The molecule has 0 spiro atoms. The first kappa shape index (κ1) is 25.1. The monoisotopic (exact) mass is 501 g/mol. The van der Waals surface area contributed by atoms with Crippen molar-refractivity contribution in [3.05, 3.63) is 39.9 Å². The summed E-state index contributed by atoms with van der Waals surface area (Å²) in [5.41, 5.74) is 5.13. The van der Waals surface area contributed by atoms with Gasteiger partial charge in [0.15, 0.2) is 0 Å². The topological polar surface area (TPSA) is 110 Å². The Kier molecular flexibility index (Phi) is 9.21. The Morgan fingerprint density at radius 1 is 1.21 bits per heavy atom. The molecule has 1 aliphatic rings. The van der Waals surface area contributed by atoms with Crippen LogP contribution in [-0.4, -0.2) is 54.0 Å². The summed E-state index contributed by atoms with van der Waals surface area (Å²) in [5, 5.41) is 5.38. The fourth-order valence-corrected chi connectivity index (χ4v) is 4.48. The molecule has 1 saturated heterocycles. The Balaban J connectivity index is 1.48. The molecule has 8 nitrogen and oxygen atoms in total. The molecule has 33 heavy (non-hydrogen) atoms. The summed E-state index contributed by atoms with van der Waals surface area (Å²) in [6.45, 7) is 3.63. The number of hydrogen-bond acceptors (Lipinski definition) is 6. The van der Waals surface area contributed by atoms with Gasteiger partial charge in [0, 0.05) is 23.6 Å². The highest BCUT2D eigenvalue weighted by atomic mass is 35.5. The van der Waals surface area contributed by atoms with Gasteiger partial charge in [-0.1, -0.05) is 11.6 Å². The second-order valence-corrected chi connectivity index (χ2v) is 8.85. The Labute approximate surface area is 199 Å². The van der Waals surface area contributed by atoms with E-state index in [0.29, 0.717) is 6.54 Å². The summed E-state index contributed by atoms with van der Waals surface area (Å²) in [6.07, 6.45) is 4.20. The molecule has 1 aromatic carbocycles. The van der Waals surface area contributed by atoms with Crippen molar-refractivity contribution >= 4 is 40.1 Å². The molecule has 0 bridgehead atoms. The van der Waals surface area contributed by atoms with Crippen LogP contribution in [-0.2, 0) is 6.42 Å². The number of nitrogens with one attached hydrogen (secondary N) is 2. The van der Waals surface area contributed by atoms with Crippen molar-refractivity contribution in [2.24, 2.45) is 5.73 Å². The lowest BCUT2D eigenvalue weighted by atomic mass is 10.1. The first-order valence-corrected chi connectivity index (χ1v) is 11.8. The second kappa shape index (κ2) is 12.1. The Bertz CT molecular complexity index is 962. The molecule has 3 amide bonds. The van der Waals surface area contributed by atoms with Crippen molar-refractivity contribution in [2.75, 3.05) is 38.1 Å². The van der Waals surface area contributed by atoms with E-state index in [1.54, 1.807) is 0 Å². The summed E-state index contributed by atoms with van der Waals surface area (Å²) in [4.78, 5) is 26.5. The fraction of sp³-hybridized carbons (Fsp3) is 0.476. The summed E-state index contributed by atoms with van der Waals surface area (Å²) in [6, 6.07) is 1.52. The molecule has 4 N–H and O–H groups in total. The number of anilines is 1. The van der Waals surface area contributed by atoms with Gasteiger partial charge < -0.3 is 20.7 Å². The standard InChI is InChI=1S/C21H26ClF2N5O3S/c22-13-11-15(23)14(16(24)12-13)5-10-32-19-17(18(25)30)20(33-28-19)27-21(31)26-6-1-2-7-29-8-3-4-9-29/h11-12H,1-10H2,(H2,25,30)(H2,26,27,31). The minimum atomic E-state index is -0.844. The van der Waals surface area contributed by atoms with Crippen molar-refractivity contribution in [3.8, 4) is 5.88 Å². The van der Waals surface area contributed by atoms with Crippen LogP contribution in [0.2, 0.25) is 5.02 Å². The van der Waals surface area contributed by atoms with Gasteiger partial charge in [-0.15, -0.1) is 0 Å². The summed E-state index contributed by atoms with van der Waals surface area (Å²) < 4.78 is 37.2. The minimum absolute atomic E-state index is 0.0502. The van der Waals surface area contributed by atoms with Crippen LogP contribution in [0.15, 0.2) is 12.1 Å². The van der Waals surface area contributed by atoms with E-state index >= 15 is 0 Å². The molecule has 0 atom stereocenters. The average Bonchev–Trinajstić information content (AvgIpc) is 3.39. The molecular weight excluding hydrogens is 476 g/mol. The number of carbonyl (C=O) groups is 2. The summed E-state index contributed by atoms with van der Waals surface area (Å²) in [5.74, 6) is -2.54. The van der Waals surface area contributed by atoms with Gasteiger partial charge in [-0.05, 0) is 69.0 Å². The molecule has 2 aromatic rings. The third-order valence-corrected chi connectivity index (χ3v) is 6.18. The highest BCUT2D eigenvalue weighted by Crippen LogP contribution is 2.30. The van der Waals surface area contributed by atoms with Crippen LogP contribution in [0.3, 0.4) is 0 Å². The first-order valence-electron chi connectivity index (χ1n) is 10.7. The SMILES string of the molecule is NC(=O)c1c(OCCc2c(F)cc(Cl)cc2F)nsc1NC(=O)NCCCCN1CCCC1. The van der Waals surface area contributed by atoms with E-state index in [2.05, 4.69) is 19.9 Å². The van der Waals surface area contributed by atoms with Crippen LogP contribution in [0.25, 0.3) is 0 Å². The Morgan fingerprint density at radius 3 is 2.58 bits per heavy atom. The van der Waals surface area contributed by atoms with Gasteiger partial charge in [0.25, 0.3) is 5.91 Å². The van der Waals surface area contributed by atoms with Crippen molar-refractivity contribution < 1.29 is 23.1 Å². The number of amides is 3. The van der Waals surface area contributed by atoms with Crippen LogP contribution in [0.5, 0.6) is 5.88 Å². The molecular formula is C21H26ClF2N5O3S. The molecule has 1 fully saturated rings. The highest BCUT2D eigenvalue weighted by Gasteiger charge is 2.22. The normalized spacial score (nSPS) is 13.8. The van der Waals surface area contributed by atoms with Crippen molar-refractivity contribution in [3.63, 3.8) is 0 Å². The van der Waals surface area contributed by atoms with E-state index in [4.69, 9.17) is 22.1 Å². The largest absolute Gasteiger partial charge is 0.476 e. The number of halogens is 3. The van der Waals surface area contributed by atoms with E-state index in [0.717, 1.165) is 56.1 Å². The first-order chi connectivity index (χ1) is 15.8. The zero-order valence-corrected chi connectivity index (χ0v) is 19.5. The Hall–Kier alpha value is -2.50. The van der Waals surface area contributed by atoms with Gasteiger partial charge in [-0.3, -0.25) is 10.1 Å². The van der Waals surface area contributed by atoms with Crippen molar-refractivity contribution in [1.82, 2.24) is 14.6 Å². The number of likely N-dealkylation sites (tertiary alicyclic amines) is 1. The van der Waals surface area contributed by atoms with E-state index in [1.165, 1.54) is 12.8 Å². The van der Waals surface area contributed by atoms with E-state index < -0.39 is 23.6 Å². The third-order valence-electron chi connectivity index (χ3n) is 5.22. The molecule has 2 heterocycles. The number of aromatic nitrogens is 1. The number of hydrogen-bond donors (Lipinski definition) is 3. The van der Waals surface area contributed by atoms with Gasteiger partial charge in [-0.2, -0.15) is 4.37 Å². The molecule has 1 aliphatic heterocycles. The predicted octanol–water partition coefficient (Wildman–Crippen LogP) is 3.79. The quantitative estimate of drug-likeness (QED) is 0.406. The van der Waals surface area contributed by atoms with Gasteiger partial charge in [-0.25, -0.2) is 13.6 Å². The lowest BCUT2D eigenvalue weighted by Crippen LogP contribution is -2.30. The Morgan fingerprint density at radius 2 is 1.91 bits per heavy atom. The van der Waals surface area contributed by atoms with Crippen LogP contribution in [0.1, 0.15) is 41.6 Å². The number of carbonyl (C=O) groups excluding carboxylic acids is 2. The maximum absolute atomic E-state index is 13.9.